The van der Waals surface area contributed by atoms with Gasteiger partial charge in [-0.2, -0.15) is 0 Å². The fraction of sp³-hybridized carbons (Fsp3) is 0.417. The highest BCUT2D eigenvalue weighted by molar-refractivity contribution is 5.42. The van der Waals surface area contributed by atoms with Crippen LogP contribution >= 0.6 is 0 Å². The largest absolute Gasteiger partial charge is 0.493 e. The molecule has 1 atom stereocenters. The van der Waals surface area contributed by atoms with Crippen molar-refractivity contribution in [2.75, 3.05) is 33.5 Å². The fourth-order valence-electron chi connectivity index (χ4n) is 3.05. The summed E-state index contributed by atoms with van der Waals surface area (Å²) in [4.78, 5) is 0. The smallest absolute Gasteiger partial charge is 0.161 e. The molecule has 1 aliphatic heterocycles. The van der Waals surface area contributed by atoms with E-state index in [1.807, 2.05) is 42.5 Å². The summed E-state index contributed by atoms with van der Waals surface area (Å²) in [5.74, 6) is 2.88. The standard InChI is InChI=1S/C24H30O6/c1-3-13-26-20-8-10-21(11-9-20)27-15-16-28-22-12-7-19(17-23(22)25-2)18-30-24-6-4-5-14-29-24/h3,7-12,17,24H,1,4-6,13-16,18H2,2H3. The van der Waals surface area contributed by atoms with Crippen molar-refractivity contribution in [1.29, 1.82) is 0 Å². The zero-order valence-corrected chi connectivity index (χ0v) is 17.5. The lowest BCUT2D eigenvalue weighted by Gasteiger charge is -2.22. The van der Waals surface area contributed by atoms with E-state index in [1.54, 1.807) is 13.2 Å². The Morgan fingerprint density at radius 2 is 1.73 bits per heavy atom. The molecule has 0 aliphatic carbocycles. The molecular formula is C24H30O6. The molecule has 1 aliphatic rings. The topological polar surface area (TPSA) is 55.4 Å². The van der Waals surface area contributed by atoms with E-state index >= 15 is 0 Å². The van der Waals surface area contributed by atoms with E-state index in [-0.39, 0.29) is 6.29 Å². The molecule has 1 saturated heterocycles. The van der Waals surface area contributed by atoms with E-state index in [2.05, 4.69) is 6.58 Å². The molecule has 162 valence electrons. The second-order valence-corrected chi connectivity index (χ2v) is 6.86. The van der Waals surface area contributed by atoms with E-state index < -0.39 is 0 Å². The van der Waals surface area contributed by atoms with Gasteiger partial charge in [0.1, 0.15) is 31.3 Å². The lowest BCUT2D eigenvalue weighted by Crippen LogP contribution is -2.22. The van der Waals surface area contributed by atoms with Crippen LogP contribution in [-0.2, 0) is 16.1 Å². The van der Waals surface area contributed by atoms with Gasteiger partial charge in [0, 0.05) is 6.61 Å². The molecule has 30 heavy (non-hydrogen) atoms. The molecule has 0 saturated carbocycles. The van der Waals surface area contributed by atoms with Gasteiger partial charge in [0.2, 0.25) is 0 Å². The molecule has 1 heterocycles. The molecule has 0 spiro atoms. The maximum absolute atomic E-state index is 5.83. The van der Waals surface area contributed by atoms with Gasteiger partial charge in [0.25, 0.3) is 0 Å². The van der Waals surface area contributed by atoms with Crippen LogP contribution in [0.1, 0.15) is 24.8 Å². The van der Waals surface area contributed by atoms with Gasteiger partial charge in [-0.15, -0.1) is 0 Å². The van der Waals surface area contributed by atoms with Crippen LogP contribution in [0.4, 0.5) is 0 Å². The van der Waals surface area contributed by atoms with Crippen molar-refractivity contribution >= 4 is 0 Å². The zero-order valence-electron chi connectivity index (χ0n) is 17.5. The Morgan fingerprint density at radius 3 is 2.43 bits per heavy atom. The molecule has 1 fully saturated rings. The SMILES string of the molecule is C=CCOc1ccc(OCCOc2ccc(COC3CCCCO3)cc2OC)cc1. The van der Waals surface area contributed by atoms with Gasteiger partial charge in [-0.05, 0) is 61.2 Å². The van der Waals surface area contributed by atoms with Gasteiger partial charge in [0.05, 0.1) is 13.7 Å². The van der Waals surface area contributed by atoms with E-state index in [0.29, 0.717) is 37.9 Å². The first-order valence-electron chi connectivity index (χ1n) is 10.3. The fourth-order valence-corrected chi connectivity index (χ4v) is 3.05. The van der Waals surface area contributed by atoms with Gasteiger partial charge in [-0.3, -0.25) is 0 Å². The summed E-state index contributed by atoms with van der Waals surface area (Å²) in [5, 5.41) is 0. The van der Waals surface area contributed by atoms with E-state index in [9.17, 15) is 0 Å². The van der Waals surface area contributed by atoms with Crippen LogP contribution in [0.25, 0.3) is 0 Å². The maximum atomic E-state index is 5.83. The summed E-state index contributed by atoms with van der Waals surface area (Å²) < 4.78 is 33.9. The summed E-state index contributed by atoms with van der Waals surface area (Å²) >= 11 is 0. The maximum Gasteiger partial charge on any atom is 0.161 e. The van der Waals surface area contributed by atoms with Crippen LogP contribution in [-0.4, -0.2) is 39.8 Å². The number of benzene rings is 2. The van der Waals surface area contributed by atoms with Crippen LogP contribution in [0.5, 0.6) is 23.0 Å². The molecule has 0 radical (unpaired) electrons. The van der Waals surface area contributed by atoms with Crippen LogP contribution in [0.15, 0.2) is 55.1 Å². The van der Waals surface area contributed by atoms with Crippen molar-refractivity contribution < 1.29 is 28.4 Å². The monoisotopic (exact) mass is 414 g/mol. The van der Waals surface area contributed by atoms with Crippen LogP contribution in [0, 0.1) is 0 Å². The first-order chi connectivity index (χ1) is 14.8. The van der Waals surface area contributed by atoms with Crippen LogP contribution in [0.3, 0.4) is 0 Å². The average Bonchev–Trinajstić information content (AvgIpc) is 2.81. The molecule has 0 bridgehead atoms. The molecular weight excluding hydrogens is 384 g/mol. The van der Waals surface area contributed by atoms with Crippen molar-refractivity contribution in [3.05, 3.63) is 60.7 Å². The molecule has 2 aromatic rings. The summed E-state index contributed by atoms with van der Waals surface area (Å²) in [6, 6.07) is 13.3. The minimum absolute atomic E-state index is 0.111. The predicted molar refractivity (Wildman–Crippen MR) is 114 cm³/mol. The van der Waals surface area contributed by atoms with Crippen molar-refractivity contribution in [3.8, 4) is 23.0 Å². The normalized spacial score (nSPS) is 16.0. The van der Waals surface area contributed by atoms with Gasteiger partial charge >= 0.3 is 0 Å². The lowest BCUT2D eigenvalue weighted by atomic mass is 10.2. The van der Waals surface area contributed by atoms with E-state index in [4.69, 9.17) is 28.4 Å². The first-order valence-corrected chi connectivity index (χ1v) is 10.3. The highest BCUT2D eigenvalue weighted by atomic mass is 16.7. The molecule has 1 unspecified atom stereocenters. The third-order valence-corrected chi connectivity index (χ3v) is 4.60. The summed E-state index contributed by atoms with van der Waals surface area (Å²) in [6.45, 7) is 6.18. The molecule has 3 rings (SSSR count). The Morgan fingerprint density at radius 1 is 0.967 bits per heavy atom. The predicted octanol–water partition coefficient (Wildman–Crippen LogP) is 4.76. The number of rotatable bonds is 12. The average molecular weight is 414 g/mol. The Labute approximate surface area is 178 Å². The van der Waals surface area contributed by atoms with Crippen molar-refractivity contribution in [3.63, 3.8) is 0 Å². The van der Waals surface area contributed by atoms with Gasteiger partial charge in [-0.1, -0.05) is 18.7 Å². The number of hydrogen-bond acceptors (Lipinski definition) is 6. The summed E-state index contributed by atoms with van der Waals surface area (Å²) in [7, 11) is 1.63. The van der Waals surface area contributed by atoms with E-state index in [0.717, 1.165) is 42.9 Å². The van der Waals surface area contributed by atoms with Crippen molar-refractivity contribution in [2.45, 2.75) is 32.2 Å². The second kappa shape index (κ2) is 12.1. The van der Waals surface area contributed by atoms with Crippen LogP contribution < -0.4 is 18.9 Å². The highest BCUT2D eigenvalue weighted by Gasteiger charge is 2.14. The number of methoxy groups -OCH3 is 1. The molecule has 6 nitrogen and oxygen atoms in total. The third-order valence-electron chi connectivity index (χ3n) is 4.60. The van der Waals surface area contributed by atoms with Gasteiger partial charge < -0.3 is 28.4 Å². The van der Waals surface area contributed by atoms with Crippen molar-refractivity contribution in [1.82, 2.24) is 0 Å². The summed E-state index contributed by atoms with van der Waals surface area (Å²) in [5.41, 5.74) is 1.02. The number of ether oxygens (including phenoxy) is 6. The molecule has 2 aromatic carbocycles. The Kier molecular flexibility index (Phi) is 8.87. The highest BCUT2D eigenvalue weighted by Crippen LogP contribution is 2.29. The minimum Gasteiger partial charge on any atom is -0.493 e. The zero-order chi connectivity index (χ0) is 21.0. The summed E-state index contributed by atoms with van der Waals surface area (Å²) in [6.07, 6.45) is 4.80. The Balaban J connectivity index is 1.42. The molecule has 0 aromatic heterocycles. The molecule has 0 amide bonds. The lowest BCUT2D eigenvalue weighted by molar-refractivity contribution is -0.168. The Bertz CT molecular complexity index is 768. The van der Waals surface area contributed by atoms with Gasteiger partial charge in [0.15, 0.2) is 17.8 Å². The molecule has 6 heteroatoms. The third kappa shape index (κ3) is 6.97. The Hall–Kier alpha value is -2.70. The minimum atomic E-state index is -0.111. The quantitative estimate of drug-likeness (QED) is 0.369. The first kappa shape index (κ1) is 22.0. The van der Waals surface area contributed by atoms with Crippen molar-refractivity contribution in [2.24, 2.45) is 0 Å². The second-order valence-electron chi connectivity index (χ2n) is 6.86. The van der Waals surface area contributed by atoms with Crippen LogP contribution in [0.2, 0.25) is 0 Å². The van der Waals surface area contributed by atoms with Gasteiger partial charge in [-0.25, -0.2) is 0 Å². The molecule has 0 N–H and O–H groups in total. The number of hydrogen-bond donors (Lipinski definition) is 0. The van der Waals surface area contributed by atoms with E-state index in [1.165, 1.54) is 0 Å².